The van der Waals surface area contributed by atoms with Crippen molar-refractivity contribution in [3.8, 4) is 0 Å². The Morgan fingerprint density at radius 2 is 1.68 bits per heavy atom. The number of nitrogens with zero attached hydrogens (tertiary/aromatic N) is 4. The fourth-order valence-electron chi connectivity index (χ4n) is 4.29. The smallest absolute Gasteiger partial charge is 0.410 e. The summed E-state index contributed by atoms with van der Waals surface area (Å²) in [7, 11) is 1.97. The quantitative estimate of drug-likeness (QED) is 0.301. The monoisotopic (exact) mass is 520 g/mol. The minimum Gasteiger partial charge on any atom is -0.478 e. The molecular weight excluding hydrogens is 480 g/mol. The molecule has 3 aromatic rings. The van der Waals surface area contributed by atoms with Crippen LogP contribution in [0.15, 0.2) is 48.5 Å². The van der Waals surface area contributed by atoms with E-state index < -0.39 is 17.7 Å². The molecule has 1 amide bonds. The van der Waals surface area contributed by atoms with E-state index in [1.807, 2.05) is 56.7 Å². The zero-order chi connectivity index (χ0) is 27.9. The topological polar surface area (TPSA) is 87.9 Å². The second-order valence-electron chi connectivity index (χ2n) is 10.5. The highest BCUT2D eigenvalue weighted by Gasteiger charge is 2.24. The number of ether oxygens (including phenoxy) is 1. The van der Waals surface area contributed by atoms with Gasteiger partial charge in [0.1, 0.15) is 11.4 Å². The summed E-state index contributed by atoms with van der Waals surface area (Å²) in [5, 5.41) is 8.85. The molecule has 8 nitrogen and oxygen atoms in total. The second-order valence-corrected chi connectivity index (χ2v) is 10.5. The molecule has 0 aliphatic carbocycles. The first-order valence-corrected chi connectivity index (χ1v) is 13.2. The average Bonchev–Trinajstić information content (AvgIpc) is 3.16. The van der Waals surface area contributed by atoms with Gasteiger partial charge in [0.25, 0.3) is 0 Å². The third kappa shape index (κ3) is 7.84. The first-order chi connectivity index (χ1) is 18.0. The van der Waals surface area contributed by atoms with Crippen molar-refractivity contribution in [1.82, 2.24) is 14.5 Å². The van der Waals surface area contributed by atoms with E-state index in [-0.39, 0.29) is 6.54 Å². The van der Waals surface area contributed by atoms with E-state index >= 15 is 0 Å². The molecule has 3 rings (SSSR count). The summed E-state index contributed by atoms with van der Waals surface area (Å²) in [4.78, 5) is 33.0. The van der Waals surface area contributed by atoms with Crippen molar-refractivity contribution in [2.45, 2.75) is 66.2 Å². The molecule has 0 saturated heterocycles. The van der Waals surface area contributed by atoms with E-state index in [0.717, 1.165) is 65.7 Å². The minimum absolute atomic E-state index is 0.281. The van der Waals surface area contributed by atoms with Crippen molar-refractivity contribution in [3.63, 3.8) is 0 Å². The standard InChI is InChI=1S/C30H40N4O4/c1-7-17-33(18-8-2)24-14-15-26-25(19-24)31-27(32(26)6)21-34(29(37)38-30(3,4)5)20-23-11-9-22(10-12-23)13-16-28(35)36/h9-16,19H,7-8,17-18,20-21H2,1-6H3,(H,35,36)/b16-13+. The number of amides is 1. The Morgan fingerprint density at radius 3 is 2.26 bits per heavy atom. The van der Waals surface area contributed by atoms with Crippen LogP contribution in [0, 0.1) is 0 Å². The van der Waals surface area contributed by atoms with Crippen molar-refractivity contribution in [3.05, 3.63) is 65.5 Å². The van der Waals surface area contributed by atoms with Crippen molar-refractivity contribution < 1.29 is 19.4 Å². The molecule has 0 unspecified atom stereocenters. The number of benzene rings is 2. The van der Waals surface area contributed by atoms with Gasteiger partial charge in [0, 0.05) is 38.4 Å². The highest BCUT2D eigenvalue weighted by molar-refractivity contribution is 5.85. The summed E-state index contributed by atoms with van der Waals surface area (Å²) in [6.07, 6.45) is 4.37. The molecule has 2 aromatic carbocycles. The third-order valence-corrected chi connectivity index (χ3v) is 6.06. The molecule has 1 N–H and O–H groups in total. The lowest BCUT2D eigenvalue weighted by Crippen LogP contribution is -2.36. The summed E-state index contributed by atoms with van der Waals surface area (Å²) in [5.41, 5.74) is 4.10. The van der Waals surface area contributed by atoms with Crippen molar-refractivity contribution >= 4 is 34.9 Å². The van der Waals surface area contributed by atoms with Crippen LogP contribution in [0.1, 0.15) is 64.4 Å². The van der Waals surface area contributed by atoms with E-state index in [0.29, 0.717) is 6.54 Å². The molecule has 0 saturated carbocycles. The van der Waals surface area contributed by atoms with Crippen molar-refractivity contribution in [2.75, 3.05) is 18.0 Å². The number of aliphatic carboxylic acids is 1. The van der Waals surface area contributed by atoms with Crippen LogP contribution in [0.3, 0.4) is 0 Å². The minimum atomic E-state index is -0.997. The maximum atomic E-state index is 13.2. The Hall–Kier alpha value is -3.81. The van der Waals surface area contributed by atoms with Gasteiger partial charge in [-0.15, -0.1) is 0 Å². The molecule has 1 heterocycles. The van der Waals surface area contributed by atoms with Crippen LogP contribution in [-0.2, 0) is 29.7 Å². The molecule has 0 bridgehead atoms. The summed E-state index contributed by atoms with van der Waals surface area (Å²) >= 11 is 0. The van der Waals surface area contributed by atoms with Crippen molar-refractivity contribution in [2.24, 2.45) is 7.05 Å². The Labute approximate surface area is 225 Å². The fraction of sp³-hybridized carbons (Fsp3) is 0.433. The number of imidazole rings is 1. The predicted octanol–water partition coefficient (Wildman–Crippen LogP) is 6.23. The third-order valence-electron chi connectivity index (χ3n) is 6.06. The number of carboxylic acids is 1. The van der Waals surface area contributed by atoms with Gasteiger partial charge in [-0.1, -0.05) is 38.1 Å². The van der Waals surface area contributed by atoms with Gasteiger partial charge in [-0.05, 0) is 69.0 Å². The lowest BCUT2D eigenvalue weighted by Gasteiger charge is -2.27. The van der Waals surface area contributed by atoms with Gasteiger partial charge in [-0.2, -0.15) is 0 Å². The van der Waals surface area contributed by atoms with E-state index in [2.05, 4.69) is 36.9 Å². The summed E-state index contributed by atoms with van der Waals surface area (Å²) in [6.45, 7) is 12.5. The normalized spacial score (nSPS) is 11.7. The van der Waals surface area contributed by atoms with E-state index in [4.69, 9.17) is 14.8 Å². The maximum Gasteiger partial charge on any atom is 0.410 e. The number of rotatable bonds is 11. The van der Waals surface area contributed by atoms with E-state index in [1.54, 1.807) is 4.90 Å². The summed E-state index contributed by atoms with van der Waals surface area (Å²) < 4.78 is 7.75. The number of aryl methyl sites for hydroxylation is 1. The number of hydrogen-bond donors (Lipinski definition) is 1. The molecule has 0 atom stereocenters. The number of hydrogen-bond acceptors (Lipinski definition) is 5. The fourth-order valence-corrected chi connectivity index (χ4v) is 4.29. The van der Waals surface area contributed by atoms with Crippen LogP contribution < -0.4 is 4.90 Å². The van der Waals surface area contributed by atoms with Gasteiger partial charge in [0.15, 0.2) is 0 Å². The SMILES string of the molecule is CCCN(CCC)c1ccc2c(c1)nc(CN(Cc1ccc(/C=C/C(=O)O)cc1)C(=O)OC(C)(C)C)n2C. The van der Waals surface area contributed by atoms with Crippen LogP contribution in [0.4, 0.5) is 10.5 Å². The Morgan fingerprint density at radius 1 is 1.03 bits per heavy atom. The van der Waals surface area contributed by atoms with Crippen LogP contribution in [0.25, 0.3) is 17.1 Å². The molecule has 0 spiro atoms. The van der Waals surface area contributed by atoms with Crippen molar-refractivity contribution in [1.29, 1.82) is 0 Å². The van der Waals surface area contributed by atoms with Gasteiger partial charge in [-0.25, -0.2) is 14.6 Å². The molecule has 0 aliphatic heterocycles. The molecule has 204 valence electrons. The molecule has 0 aliphatic rings. The first kappa shape index (κ1) is 28.8. The molecular formula is C30H40N4O4. The first-order valence-electron chi connectivity index (χ1n) is 13.2. The van der Waals surface area contributed by atoms with Crippen LogP contribution in [0.2, 0.25) is 0 Å². The van der Waals surface area contributed by atoms with Gasteiger partial charge < -0.3 is 19.3 Å². The number of fused-ring (bicyclic) bond motifs is 1. The van der Waals surface area contributed by atoms with Crippen LogP contribution in [0.5, 0.6) is 0 Å². The Balaban J connectivity index is 1.89. The van der Waals surface area contributed by atoms with Gasteiger partial charge >= 0.3 is 12.1 Å². The summed E-state index contributed by atoms with van der Waals surface area (Å²) in [5.74, 6) is -0.232. The predicted molar refractivity (Wildman–Crippen MR) is 152 cm³/mol. The van der Waals surface area contributed by atoms with Gasteiger partial charge in [0.05, 0.1) is 17.6 Å². The molecule has 1 aromatic heterocycles. The second kappa shape index (κ2) is 12.6. The number of aromatic nitrogens is 2. The summed E-state index contributed by atoms with van der Waals surface area (Å²) in [6, 6.07) is 13.8. The van der Waals surface area contributed by atoms with Gasteiger partial charge in [-0.3, -0.25) is 4.90 Å². The van der Waals surface area contributed by atoms with Crippen LogP contribution in [-0.4, -0.2) is 50.3 Å². The Bertz CT molecular complexity index is 1270. The molecule has 8 heteroatoms. The number of carboxylic acid groups (broad SMARTS) is 1. The Kier molecular flexibility index (Phi) is 9.55. The van der Waals surface area contributed by atoms with Gasteiger partial charge in [0.2, 0.25) is 0 Å². The maximum absolute atomic E-state index is 13.2. The highest BCUT2D eigenvalue weighted by Crippen LogP contribution is 2.24. The lowest BCUT2D eigenvalue weighted by atomic mass is 10.1. The average molecular weight is 521 g/mol. The number of carbonyl (C=O) groups is 2. The molecule has 0 radical (unpaired) electrons. The van der Waals surface area contributed by atoms with E-state index in [9.17, 15) is 9.59 Å². The largest absolute Gasteiger partial charge is 0.478 e. The van der Waals surface area contributed by atoms with E-state index in [1.165, 1.54) is 6.08 Å². The highest BCUT2D eigenvalue weighted by atomic mass is 16.6. The van der Waals surface area contributed by atoms with Crippen LogP contribution >= 0.6 is 0 Å². The number of anilines is 1. The zero-order valence-corrected chi connectivity index (χ0v) is 23.4. The molecule has 0 fully saturated rings. The number of carbonyl (C=O) groups excluding carboxylic acids is 1. The zero-order valence-electron chi connectivity index (χ0n) is 23.4. The molecule has 38 heavy (non-hydrogen) atoms. The lowest BCUT2D eigenvalue weighted by molar-refractivity contribution is -0.131.